The Morgan fingerprint density at radius 2 is 2.09 bits per heavy atom. The number of amides is 1. The highest BCUT2D eigenvalue weighted by atomic mass is 19.3. The van der Waals surface area contributed by atoms with E-state index in [9.17, 15) is 13.6 Å². The van der Waals surface area contributed by atoms with E-state index in [2.05, 4.69) is 15.2 Å². The van der Waals surface area contributed by atoms with Crippen LogP contribution in [0, 0.1) is 6.92 Å². The van der Waals surface area contributed by atoms with Crippen molar-refractivity contribution in [3.8, 4) is 17.0 Å². The lowest BCUT2D eigenvalue weighted by atomic mass is 10.1. The Balaban J connectivity index is 1.62. The highest BCUT2D eigenvalue weighted by molar-refractivity contribution is 6.00. The molecule has 0 unspecified atom stereocenters. The number of halogens is 2. The van der Waals surface area contributed by atoms with Gasteiger partial charge in [0, 0.05) is 18.2 Å². The van der Waals surface area contributed by atoms with Crippen LogP contribution in [-0.2, 0) is 0 Å². The zero-order chi connectivity index (χ0) is 23.1. The number of ether oxygens (including phenoxy) is 1. The second-order valence-corrected chi connectivity index (χ2v) is 7.88. The maximum Gasteiger partial charge on any atom is 0.280 e. The molecule has 1 aromatic carbocycles. The molecule has 0 spiro atoms. The third-order valence-electron chi connectivity index (χ3n) is 5.84. The third kappa shape index (κ3) is 3.61. The number of hydrogen-bond donors (Lipinski definition) is 0. The van der Waals surface area contributed by atoms with Crippen LogP contribution in [0.1, 0.15) is 52.8 Å². The lowest BCUT2D eigenvalue weighted by molar-refractivity contribution is 0.0732. The van der Waals surface area contributed by atoms with Gasteiger partial charge >= 0.3 is 0 Å². The summed E-state index contributed by atoms with van der Waals surface area (Å²) in [6.07, 6.45) is 0.0128. The average Bonchev–Trinajstić information content (AvgIpc) is 3.57. The van der Waals surface area contributed by atoms with Gasteiger partial charge in [0.05, 0.1) is 25.0 Å². The first-order valence-electron chi connectivity index (χ1n) is 10.5. The molecule has 8 nitrogen and oxygen atoms in total. The largest absolute Gasteiger partial charge is 0.496 e. The van der Waals surface area contributed by atoms with Crippen molar-refractivity contribution in [1.82, 2.24) is 24.7 Å². The fraction of sp³-hybridized carbons (Fsp3) is 0.304. The summed E-state index contributed by atoms with van der Waals surface area (Å²) in [5, 5.41) is 8.14. The van der Waals surface area contributed by atoms with E-state index in [1.807, 2.05) is 0 Å². The molecule has 10 heteroatoms. The minimum Gasteiger partial charge on any atom is -0.496 e. The molecule has 1 saturated heterocycles. The Hall–Kier alpha value is -3.82. The smallest absolute Gasteiger partial charge is 0.280 e. The number of alkyl halides is 2. The molecule has 0 aliphatic carbocycles. The van der Waals surface area contributed by atoms with E-state index >= 15 is 0 Å². The van der Waals surface area contributed by atoms with Gasteiger partial charge in [0.1, 0.15) is 28.5 Å². The molecule has 0 bridgehead atoms. The number of fused-ring (bicyclic) bond motifs is 1. The van der Waals surface area contributed by atoms with Gasteiger partial charge in [0.25, 0.3) is 12.3 Å². The molecule has 33 heavy (non-hydrogen) atoms. The molecule has 0 N–H and O–H groups in total. The minimum atomic E-state index is -2.82. The van der Waals surface area contributed by atoms with Crippen LogP contribution in [0.2, 0.25) is 0 Å². The second-order valence-electron chi connectivity index (χ2n) is 7.88. The van der Waals surface area contributed by atoms with Crippen molar-refractivity contribution in [2.75, 3.05) is 13.7 Å². The van der Waals surface area contributed by atoms with E-state index < -0.39 is 6.43 Å². The van der Waals surface area contributed by atoms with E-state index in [0.29, 0.717) is 29.3 Å². The molecule has 4 aromatic rings. The summed E-state index contributed by atoms with van der Waals surface area (Å²) in [6, 6.07) is 9.82. The van der Waals surface area contributed by atoms with E-state index in [0.717, 1.165) is 17.4 Å². The van der Waals surface area contributed by atoms with Crippen molar-refractivity contribution < 1.29 is 22.8 Å². The molecule has 3 aromatic heterocycles. The van der Waals surface area contributed by atoms with Crippen molar-refractivity contribution in [3.05, 3.63) is 65.3 Å². The topological polar surface area (TPSA) is 85.8 Å². The van der Waals surface area contributed by atoms with E-state index in [-0.39, 0.29) is 34.5 Å². The summed E-state index contributed by atoms with van der Waals surface area (Å²) >= 11 is 0. The number of carbonyl (C=O) groups excluding carboxylic acids is 1. The highest BCUT2D eigenvalue weighted by Gasteiger charge is 2.34. The van der Waals surface area contributed by atoms with Crippen LogP contribution in [0.5, 0.6) is 5.75 Å². The second kappa shape index (κ2) is 8.27. The quantitative estimate of drug-likeness (QED) is 0.439. The van der Waals surface area contributed by atoms with Crippen molar-refractivity contribution >= 4 is 11.6 Å². The van der Waals surface area contributed by atoms with Crippen LogP contribution >= 0.6 is 0 Å². The molecule has 5 rings (SSSR count). The van der Waals surface area contributed by atoms with Crippen molar-refractivity contribution in [2.45, 2.75) is 32.2 Å². The fourth-order valence-corrected chi connectivity index (χ4v) is 4.30. The first kappa shape index (κ1) is 21.0. The lowest BCUT2D eigenvalue weighted by Crippen LogP contribution is -2.30. The van der Waals surface area contributed by atoms with Crippen LogP contribution in [0.3, 0.4) is 0 Å². The Kier molecular flexibility index (Phi) is 5.27. The molecule has 1 fully saturated rings. The number of methoxy groups -OCH3 is 1. The zero-order valence-corrected chi connectivity index (χ0v) is 18.0. The summed E-state index contributed by atoms with van der Waals surface area (Å²) in [6.45, 7) is 2.30. The maximum atomic E-state index is 13.9. The maximum absolute atomic E-state index is 13.9. The van der Waals surface area contributed by atoms with Crippen LogP contribution in [-0.4, -0.2) is 44.2 Å². The van der Waals surface area contributed by atoms with Gasteiger partial charge in [-0.1, -0.05) is 17.3 Å². The lowest BCUT2D eigenvalue weighted by Gasteiger charge is -2.22. The Morgan fingerprint density at radius 3 is 2.82 bits per heavy atom. The van der Waals surface area contributed by atoms with Gasteiger partial charge in [0.2, 0.25) is 0 Å². The van der Waals surface area contributed by atoms with Crippen molar-refractivity contribution in [2.24, 2.45) is 0 Å². The van der Waals surface area contributed by atoms with E-state index in [4.69, 9.17) is 9.26 Å². The van der Waals surface area contributed by atoms with E-state index in [1.165, 1.54) is 19.4 Å². The first-order valence-corrected chi connectivity index (χ1v) is 10.5. The van der Waals surface area contributed by atoms with Crippen LogP contribution in [0.25, 0.3) is 16.9 Å². The first-order chi connectivity index (χ1) is 16.0. The molecule has 170 valence electrons. The molecular formula is C23H21F2N5O3. The zero-order valence-electron chi connectivity index (χ0n) is 18.0. The van der Waals surface area contributed by atoms with Gasteiger partial charge in [-0.3, -0.25) is 4.79 Å². The molecule has 1 amide bonds. The molecule has 0 saturated carbocycles. The minimum absolute atomic E-state index is 0.0701. The van der Waals surface area contributed by atoms with E-state index in [1.54, 1.807) is 42.2 Å². The molecule has 1 aliphatic rings. The monoisotopic (exact) mass is 453 g/mol. The number of carbonyl (C=O) groups is 1. The Labute approximate surface area is 187 Å². The average molecular weight is 453 g/mol. The number of likely N-dealkylation sites (tertiary alicyclic amines) is 1. The fourth-order valence-electron chi connectivity index (χ4n) is 4.30. The highest BCUT2D eigenvalue weighted by Crippen LogP contribution is 2.35. The van der Waals surface area contributed by atoms with Crippen molar-refractivity contribution in [1.29, 1.82) is 0 Å². The Bertz CT molecular complexity index is 1330. The molecule has 1 aliphatic heterocycles. The third-order valence-corrected chi connectivity index (χ3v) is 5.84. The number of para-hydroxylation sites is 1. The summed E-state index contributed by atoms with van der Waals surface area (Å²) in [5.41, 5.74) is 1.35. The van der Waals surface area contributed by atoms with Crippen LogP contribution in [0.4, 0.5) is 8.78 Å². The number of rotatable bonds is 5. The number of benzene rings is 1. The molecule has 1 atom stereocenters. The summed E-state index contributed by atoms with van der Waals surface area (Å²) in [7, 11) is 1.50. The van der Waals surface area contributed by atoms with Crippen LogP contribution in [0.15, 0.2) is 47.1 Å². The van der Waals surface area contributed by atoms with Gasteiger partial charge in [-0.2, -0.15) is 5.10 Å². The number of aromatic nitrogens is 4. The van der Waals surface area contributed by atoms with Gasteiger partial charge in [0.15, 0.2) is 5.65 Å². The molecule has 0 radical (unpaired) electrons. The van der Waals surface area contributed by atoms with Gasteiger partial charge < -0.3 is 14.2 Å². The number of hydrogen-bond acceptors (Lipinski definition) is 6. The summed E-state index contributed by atoms with van der Waals surface area (Å²) in [5.74, 6) is 0.811. The SMILES string of the molecule is COc1ccccc1-c1cc(C(F)F)n2ncc(C(=O)N3CCC[C@@H]3c3cc(C)on3)c2n1. The predicted octanol–water partition coefficient (Wildman–Crippen LogP) is 4.62. The van der Waals surface area contributed by atoms with Gasteiger partial charge in [-0.05, 0) is 38.0 Å². The normalized spacial score (nSPS) is 16.2. The number of aryl methyl sites for hydroxylation is 1. The predicted molar refractivity (Wildman–Crippen MR) is 114 cm³/mol. The number of nitrogens with zero attached hydrogens (tertiary/aromatic N) is 5. The Morgan fingerprint density at radius 1 is 1.27 bits per heavy atom. The standard InChI is InChI=1S/C23H21F2N5O3/c1-13-10-17(28-33-13)18-7-5-9-29(18)23(31)15-12-26-30-19(21(24)25)11-16(27-22(15)30)14-6-3-4-8-20(14)32-2/h3-4,6,8,10-12,18,21H,5,7,9H2,1-2H3/t18-/m1/s1. The van der Waals surface area contributed by atoms with Crippen molar-refractivity contribution in [3.63, 3.8) is 0 Å². The van der Waals surface area contributed by atoms with Gasteiger partial charge in [-0.25, -0.2) is 18.3 Å². The van der Waals surface area contributed by atoms with Crippen LogP contribution < -0.4 is 4.74 Å². The van der Waals surface area contributed by atoms with Gasteiger partial charge in [-0.15, -0.1) is 0 Å². The summed E-state index contributed by atoms with van der Waals surface area (Å²) in [4.78, 5) is 19.8. The summed E-state index contributed by atoms with van der Waals surface area (Å²) < 4.78 is 39.5. The molecular weight excluding hydrogens is 432 g/mol. The molecule has 4 heterocycles.